The Morgan fingerprint density at radius 3 is 2.75 bits per heavy atom. The minimum Gasteiger partial charge on any atom is -0.478 e. The first-order valence-electron chi connectivity index (χ1n) is 7.38. The Morgan fingerprint density at radius 1 is 1.25 bits per heavy atom. The molecule has 0 saturated heterocycles. The molecule has 1 N–H and O–H groups in total. The predicted octanol–water partition coefficient (Wildman–Crippen LogP) is 3.11. The first kappa shape index (κ1) is 15.7. The highest BCUT2D eigenvalue weighted by Crippen LogP contribution is 2.18. The van der Waals surface area contributed by atoms with Gasteiger partial charge in [0.2, 0.25) is 0 Å². The van der Waals surface area contributed by atoms with Crippen LogP contribution in [0.2, 0.25) is 0 Å². The Bertz CT molecular complexity index is 930. The van der Waals surface area contributed by atoms with Gasteiger partial charge in [-0.1, -0.05) is 6.07 Å². The lowest BCUT2D eigenvalue weighted by Crippen LogP contribution is -2.26. The summed E-state index contributed by atoms with van der Waals surface area (Å²) in [5, 5.41) is 9.94. The molecular formula is C18H16N2O4. The molecule has 0 radical (unpaired) electrons. The first-order valence-corrected chi connectivity index (χ1v) is 7.38. The molecule has 0 saturated carbocycles. The summed E-state index contributed by atoms with van der Waals surface area (Å²) in [6.07, 6.45) is 1.70. The number of carbonyl (C=O) groups is 2. The maximum Gasteiger partial charge on any atom is 0.339 e. The number of carbonyl (C=O) groups excluding carboxylic acids is 1. The van der Waals surface area contributed by atoms with E-state index in [0.29, 0.717) is 17.1 Å². The first-order chi connectivity index (χ1) is 11.5. The number of aromatic carboxylic acids is 1. The van der Waals surface area contributed by atoms with Gasteiger partial charge in [-0.3, -0.25) is 9.78 Å². The molecule has 0 atom stereocenters. The van der Waals surface area contributed by atoms with E-state index in [9.17, 15) is 9.59 Å². The van der Waals surface area contributed by atoms with Gasteiger partial charge in [0, 0.05) is 24.2 Å². The lowest BCUT2D eigenvalue weighted by atomic mass is 10.1. The van der Waals surface area contributed by atoms with Crippen LogP contribution < -0.4 is 0 Å². The molecule has 24 heavy (non-hydrogen) atoms. The highest BCUT2D eigenvalue weighted by molar-refractivity contribution is 5.97. The van der Waals surface area contributed by atoms with Crippen LogP contribution in [0.25, 0.3) is 10.9 Å². The molecule has 3 aromatic rings. The van der Waals surface area contributed by atoms with Crippen molar-refractivity contribution in [3.63, 3.8) is 0 Å². The third-order valence-electron chi connectivity index (χ3n) is 3.79. The molecule has 1 aromatic carbocycles. The van der Waals surface area contributed by atoms with E-state index < -0.39 is 5.97 Å². The third-order valence-corrected chi connectivity index (χ3v) is 3.79. The van der Waals surface area contributed by atoms with E-state index in [4.69, 9.17) is 9.52 Å². The molecular weight excluding hydrogens is 308 g/mol. The molecule has 0 bridgehead atoms. The van der Waals surface area contributed by atoms with Gasteiger partial charge in [-0.25, -0.2) is 4.79 Å². The maximum atomic E-state index is 12.6. The number of nitrogens with zero attached hydrogens (tertiary/aromatic N) is 2. The molecule has 3 rings (SSSR count). The number of aryl methyl sites for hydroxylation is 1. The molecule has 2 aromatic heterocycles. The van der Waals surface area contributed by atoms with Crippen LogP contribution in [0.15, 0.2) is 47.0 Å². The molecule has 0 aliphatic heterocycles. The molecule has 2 heterocycles. The molecule has 6 nitrogen and oxygen atoms in total. The number of benzene rings is 1. The van der Waals surface area contributed by atoms with Crippen molar-refractivity contribution in [3.8, 4) is 0 Å². The van der Waals surface area contributed by atoms with Gasteiger partial charge in [-0.15, -0.1) is 0 Å². The van der Waals surface area contributed by atoms with Crippen LogP contribution >= 0.6 is 0 Å². The van der Waals surface area contributed by atoms with Crippen molar-refractivity contribution < 1.29 is 19.1 Å². The number of carboxylic acids is 1. The third kappa shape index (κ3) is 2.99. The Morgan fingerprint density at radius 2 is 2.04 bits per heavy atom. The average molecular weight is 324 g/mol. The minimum absolute atomic E-state index is 0.114. The van der Waals surface area contributed by atoms with Crippen LogP contribution in [0.5, 0.6) is 0 Å². The van der Waals surface area contributed by atoms with E-state index in [1.54, 1.807) is 38.4 Å². The van der Waals surface area contributed by atoms with E-state index >= 15 is 0 Å². The van der Waals surface area contributed by atoms with Gasteiger partial charge < -0.3 is 14.4 Å². The fraction of sp³-hybridized carbons (Fsp3) is 0.167. The number of hydrogen-bond acceptors (Lipinski definition) is 4. The standard InChI is InChI=1S/C18H16N2O4/c1-11-15(18(22)23)9-14(24-11)10-20(2)17(21)13-5-6-16-12(8-13)4-3-7-19-16/h3-9H,10H2,1-2H3,(H,22,23). The van der Waals surface area contributed by atoms with E-state index in [1.807, 2.05) is 12.1 Å². The van der Waals surface area contributed by atoms with Gasteiger partial charge >= 0.3 is 5.97 Å². The van der Waals surface area contributed by atoms with Crippen molar-refractivity contribution in [2.45, 2.75) is 13.5 Å². The lowest BCUT2D eigenvalue weighted by Gasteiger charge is -2.16. The van der Waals surface area contributed by atoms with E-state index in [-0.39, 0.29) is 18.0 Å². The zero-order valence-electron chi connectivity index (χ0n) is 13.3. The second-order valence-electron chi connectivity index (χ2n) is 5.56. The zero-order chi connectivity index (χ0) is 17.3. The highest BCUT2D eigenvalue weighted by atomic mass is 16.4. The molecule has 0 fully saturated rings. The van der Waals surface area contributed by atoms with Crippen LogP contribution in [0.1, 0.15) is 32.2 Å². The number of rotatable bonds is 4. The van der Waals surface area contributed by atoms with Gasteiger partial charge in [0.25, 0.3) is 5.91 Å². The average Bonchev–Trinajstić information content (AvgIpc) is 2.94. The fourth-order valence-electron chi connectivity index (χ4n) is 2.57. The SMILES string of the molecule is Cc1oc(CN(C)C(=O)c2ccc3ncccc3c2)cc1C(=O)O. The quantitative estimate of drug-likeness (QED) is 0.797. The topological polar surface area (TPSA) is 83.6 Å². The molecule has 0 aliphatic rings. The largest absolute Gasteiger partial charge is 0.478 e. The number of hydrogen-bond donors (Lipinski definition) is 1. The van der Waals surface area contributed by atoms with Crippen LogP contribution in [-0.4, -0.2) is 33.9 Å². The summed E-state index contributed by atoms with van der Waals surface area (Å²) in [4.78, 5) is 29.3. The summed E-state index contributed by atoms with van der Waals surface area (Å²) in [6.45, 7) is 1.78. The predicted molar refractivity (Wildman–Crippen MR) is 87.9 cm³/mol. The van der Waals surface area contributed by atoms with E-state index in [2.05, 4.69) is 4.98 Å². The monoisotopic (exact) mass is 324 g/mol. The van der Waals surface area contributed by atoms with E-state index in [0.717, 1.165) is 10.9 Å². The molecule has 0 unspecified atom stereocenters. The Balaban J connectivity index is 1.80. The van der Waals surface area contributed by atoms with Gasteiger partial charge in [0.15, 0.2) is 0 Å². The van der Waals surface area contributed by atoms with Gasteiger partial charge in [-0.2, -0.15) is 0 Å². The van der Waals surface area contributed by atoms with Gasteiger partial charge in [0.05, 0.1) is 12.1 Å². The number of amides is 1. The van der Waals surface area contributed by atoms with E-state index in [1.165, 1.54) is 11.0 Å². The molecule has 122 valence electrons. The van der Waals surface area contributed by atoms with Crippen molar-refractivity contribution in [1.82, 2.24) is 9.88 Å². The molecule has 0 aliphatic carbocycles. The number of carboxylic acid groups (broad SMARTS) is 1. The molecule has 0 spiro atoms. The van der Waals surface area contributed by atoms with Crippen molar-refractivity contribution in [3.05, 3.63) is 65.2 Å². The van der Waals surface area contributed by atoms with Crippen LogP contribution in [-0.2, 0) is 6.54 Å². The lowest BCUT2D eigenvalue weighted by molar-refractivity contribution is 0.0694. The summed E-state index contributed by atoms with van der Waals surface area (Å²) >= 11 is 0. The number of furan rings is 1. The second kappa shape index (κ2) is 6.16. The second-order valence-corrected chi connectivity index (χ2v) is 5.56. The molecule has 6 heteroatoms. The van der Waals surface area contributed by atoms with Crippen LogP contribution in [0, 0.1) is 6.92 Å². The smallest absolute Gasteiger partial charge is 0.339 e. The van der Waals surface area contributed by atoms with Crippen molar-refractivity contribution in [2.75, 3.05) is 7.05 Å². The normalized spacial score (nSPS) is 10.8. The Labute approximate surface area is 138 Å². The number of pyridine rings is 1. The van der Waals surface area contributed by atoms with Crippen LogP contribution in [0.3, 0.4) is 0 Å². The van der Waals surface area contributed by atoms with Gasteiger partial charge in [0.1, 0.15) is 17.1 Å². The fourth-order valence-corrected chi connectivity index (χ4v) is 2.57. The Kier molecular flexibility index (Phi) is 4.04. The summed E-state index contributed by atoms with van der Waals surface area (Å²) in [5.74, 6) is -0.455. The minimum atomic E-state index is -1.04. The van der Waals surface area contributed by atoms with Crippen molar-refractivity contribution >= 4 is 22.8 Å². The maximum absolute atomic E-state index is 12.6. The Hall–Kier alpha value is -3.15. The number of fused-ring (bicyclic) bond motifs is 1. The van der Waals surface area contributed by atoms with Gasteiger partial charge in [-0.05, 0) is 37.3 Å². The zero-order valence-corrected chi connectivity index (χ0v) is 13.3. The van der Waals surface area contributed by atoms with Crippen molar-refractivity contribution in [2.24, 2.45) is 0 Å². The summed E-state index contributed by atoms with van der Waals surface area (Å²) in [6, 6.07) is 10.5. The van der Waals surface area contributed by atoms with Crippen molar-refractivity contribution in [1.29, 1.82) is 0 Å². The van der Waals surface area contributed by atoms with Crippen LogP contribution in [0.4, 0.5) is 0 Å². The summed E-state index contributed by atoms with van der Waals surface area (Å²) < 4.78 is 5.42. The summed E-state index contributed by atoms with van der Waals surface area (Å²) in [7, 11) is 1.65. The number of aromatic nitrogens is 1. The molecule has 1 amide bonds. The highest BCUT2D eigenvalue weighted by Gasteiger charge is 2.18. The summed E-state index contributed by atoms with van der Waals surface area (Å²) in [5.41, 5.74) is 1.48.